The lowest BCUT2D eigenvalue weighted by atomic mass is 9.96. The lowest BCUT2D eigenvalue weighted by molar-refractivity contribution is 0.407. The van der Waals surface area contributed by atoms with Crippen LogP contribution in [-0.2, 0) is 0 Å². The van der Waals surface area contributed by atoms with Crippen LogP contribution in [0.25, 0.3) is 0 Å². The molecular formula is C14H22N2. The number of rotatable bonds is 4. The summed E-state index contributed by atoms with van der Waals surface area (Å²) in [6, 6.07) is 4.70. The zero-order valence-electron chi connectivity index (χ0n) is 10.4. The van der Waals surface area contributed by atoms with E-state index in [9.17, 15) is 0 Å². The fraction of sp³-hybridized carbons (Fsp3) is 0.643. The first-order chi connectivity index (χ1) is 7.79. The summed E-state index contributed by atoms with van der Waals surface area (Å²) in [5.74, 6) is 0.903. The Balaban J connectivity index is 2.03. The van der Waals surface area contributed by atoms with Crippen LogP contribution >= 0.6 is 0 Å². The van der Waals surface area contributed by atoms with E-state index in [1.807, 2.05) is 13.2 Å². The van der Waals surface area contributed by atoms with Crippen LogP contribution in [0.5, 0.6) is 0 Å². The Labute approximate surface area is 98.5 Å². The number of hydrogen-bond donors (Lipinski definition) is 1. The second-order valence-corrected chi connectivity index (χ2v) is 4.99. The van der Waals surface area contributed by atoms with E-state index in [0.717, 1.165) is 5.92 Å². The molecule has 0 bridgehead atoms. The summed E-state index contributed by atoms with van der Waals surface area (Å²) in [7, 11) is 2.05. The van der Waals surface area contributed by atoms with E-state index in [-0.39, 0.29) is 0 Å². The molecule has 88 valence electrons. The highest BCUT2D eigenvalue weighted by molar-refractivity contribution is 5.17. The molecule has 2 nitrogen and oxygen atoms in total. The molecule has 1 aromatic rings. The molecule has 0 aliphatic heterocycles. The van der Waals surface area contributed by atoms with Gasteiger partial charge in [-0.15, -0.1) is 0 Å². The Morgan fingerprint density at radius 1 is 1.44 bits per heavy atom. The third-order valence-corrected chi connectivity index (χ3v) is 3.69. The van der Waals surface area contributed by atoms with Crippen molar-refractivity contribution in [3.63, 3.8) is 0 Å². The van der Waals surface area contributed by atoms with Crippen LogP contribution < -0.4 is 5.32 Å². The molecule has 16 heavy (non-hydrogen) atoms. The topological polar surface area (TPSA) is 24.9 Å². The predicted molar refractivity (Wildman–Crippen MR) is 67.3 cm³/mol. The van der Waals surface area contributed by atoms with Gasteiger partial charge in [0.15, 0.2) is 0 Å². The van der Waals surface area contributed by atoms with Crippen LogP contribution in [0.2, 0.25) is 0 Å². The summed E-state index contributed by atoms with van der Waals surface area (Å²) in [6.45, 7) is 2.13. The van der Waals surface area contributed by atoms with Gasteiger partial charge in [0, 0.05) is 12.2 Å². The Morgan fingerprint density at radius 3 is 2.81 bits per heavy atom. The first kappa shape index (κ1) is 11.6. The fourth-order valence-electron chi connectivity index (χ4n) is 2.72. The molecule has 1 unspecified atom stereocenters. The third kappa shape index (κ3) is 2.82. The van der Waals surface area contributed by atoms with Gasteiger partial charge in [0.2, 0.25) is 0 Å². The van der Waals surface area contributed by atoms with Crippen molar-refractivity contribution in [3.8, 4) is 0 Å². The van der Waals surface area contributed by atoms with Gasteiger partial charge in [-0.25, -0.2) is 0 Å². The number of nitrogens with one attached hydrogen (secondary N) is 1. The summed E-state index contributed by atoms with van der Waals surface area (Å²) >= 11 is 0. The normalized spacial score (nSPS) is 18.9. The van der Waals surface area contributed by atoms with Crippen LogP contribution in [0.3, 0.4) is 0 Å². The fourth-order valence-corrected chi connectivity index (χ4v) is 2.72. The first-order valence-corrected chi connectivity index (χ1v) is 6.39. The molecule has 0 aromatic carbocycles. The molecule has 1 fully saturated rings. The quantitative estimate of drug-likeness (QED) is 0.839. The van der Waals surface area contributed by atoms with Crippen molar-refractivity contribution in [1.82, 2.24) is 10.3 Å². The number of aryl methyl sites for hydroxylation is 1. The summed E-state index contributed by atoms with van der Waals surface area (Å²) in [6.07, 6.45) is 8.81. The Kier molecular flexibility index (Phi) is 3.94. The highest BCUT2D eigenvalue weighted by atomic mass is 14.9. The van der Waals surface area contributed by atoms with Crippen molar-refractivity contribution >= 4 is 0 Å². The molecule has 1 aliphatic rings. The Morgan fingerprint density at radius 2 is 2.19 bits per heavy atom. The van der Waals surface area contributed by atoms with Gasteiger partial charge < -0.3 is 5.32 Å². The van der Waals surface area contributed by atoms with Crippen molar-refractivity contribution in [2.75, 3.05) is 7.05 Å². The van der Waals surface area contributed by atoms with Gasteiger partial charge in [-0.3, -0.25) is 4.98 Å². The molecule has 1 atom stereocenters. The number of pyridine rings is 1. The van der Waals surface area contributed by atoms with Crippen LogP contribution in [-0.4, -0.2) is 12.0 Å². The van der Waals surface area contributed by atoms with Gasteiger partial charge in [0.05, 0.1) is 5.69 Å². The van der Waals surface area contributed by atoms with E-state index in [2.05, 4.69) is 29.4 Å². The van der Waals surface area contributed by atoms with Crippen LogP contribution in [0.4, 0.5) is 0 Å². The molecular weight excluding hydrogens is 196 g/mol. The van der Waals surface area contributed by atoms with Crippen molar-refractivity contribution in [2.45, 2.75) is 45.1 Å². The number of hydrogen-bond acceptors (Lipinski definition) is 2. The molecule has 0 saturated heterocycles. The molecule has 0 spiro atoms. The summed E-state index contributed by atoms with van der Waals surface area (Å²) < 4.78 is 0. The van der Waals surface area contributed by atoms with Crippen LogP contribution in [0.15, 0.2) is 18.3 Å². The molecule has 1 N–H and O–H groups in total. The monoisotopic (exact) mass is 218 g/mol. The minimum absolute atomic E-state index is 0.433. The van der Waals surface area contributed by atoms with Crippen LogP contribution in [0, 0.1) is 12.8 Å². The largest absolute Gasteiger partial charge is 0.312 e. The van der Waals surface area contributed by atoms with E-state index in [1.54, 1.807) is 0 Å². The van der Waals surface area contributed by atoms with Crippen molar-refractivity contribution in [1.29, 1.82) is 0 Å². The lowest BCUT2D eigenvalue weighted by Gasteiger charge is -2.19. The molecule has 1 aliphatic carbocycles. The number of nitrogens with zero attached hydrogens (tertiary/aromatic N) is 1. The Bertz CT molecular complexity index is 329. The zero-order valence-corrected chi connectivity index (χ0v) is 10.4. The van der Waals surface area contributed by atoms with Gasteiger partial charge in [-0.05, 0) is 44.0 Å². The molecule has 0 amide bonds. The molecule has 0 radical (unpaired) electrons. The molecule has 1 heterocycles. The maximum atomic E-state index is 4.49. The average molecular weight is 218 g/mol. The smallest absolute Gasteiger partial charge is 0.0575 e. The third-order valence-electron chi connectivity index (χ3n) is 3.69. The number of aromatic nitrogens is 1. The summed E-state index contributed by atoms with van der Waals surface area (Å²) in [5, 5.41) is 3.41. The summed E-state index contributed by atoms with van der Waals surface area (Å²) in [5.41, 5.74) is 2.51. The Hall–Kier alpha value is -0.890. The maximum absolute atomic E-state index is 4.49. The van der Waals surface area contributed by atoms with Gasteiger partial charge >= 0.3 is 0 Å². The second kappa shape index (κ2) is 5.44. The van der Waals surface area contributed by atoms with Crippen molar-refractivity contribution in [2.24, 2.45) is 5.92 Å². The van der Waals surface area contributed by atoms with E-state index >= 15 is 0 Å². The standard InChI is InChI=1S/C14H22N2/c1-11-7-8-16-14(9-11)13(15-2)10-12-5-3-4-6-12/h7-9,12-13,15H,3-6,10H2,1-2H3. The average Bonchev–Trinajstić information content (AvgIpc) is 2.78. The maximum Gasteiger partial charge on any atom is 0.0575 e. The van der Waals surface area contributed by atoms with E-state index in [0.29, 0.717) is 6.04 Å². The molecule has 1 saturated carbocycles. The summed E-state index contributed by atoms with van der Waals surface area (Å²) in [4.78, 5) is 4.49. The minimum atomic E-state index is 0.433. The van der Waals surface area contributed by atoms with Crippen molar-refractivity contribution < 1.29 is 0 Å². The highest BCUT2D eigenvalue weighted by Crippen LogP contribution is 2.32. The van der Waals surface area contributed by atoms with E-state index in [4.69, 9.17) is 0 Å². The molecule has 1 aromatic heterocycles. The van der Waals surface area contributed by atoms with E-state index < -0.39 is 0 Å². The molecule has 2 rings (SSSR count). The minimum Gasteiger partial charge on any atom is -0.312 e. The van der Waals surface area contributed by atoms with Gasteiger partial charge in [-0.2, -0.15) is 0 Å². The van der Waals surface area contributed by atoms with Crippen molar-refractivity contribution in [3.05, 3.63) is 29.6 Å². The first-order valence-electron chi connectivity index (χ1n) is 6.39. The second-order valence-electron chi connectivity index (χ2n) is 4.99. The van der Waals surface area contributed by atoms with Gasteiger partial charge in [0.25, 0.3) is 0 Å². The predicted octanol–water partition coefficient (Wildman–Crippen LogP) is 3.23. The SMILES string of the molecule is CNC(CC1CCCC1)c1cc(C)ccn1. The van der Waals surface area contributed by atoms with Crippen LogP contribution in [0.1, 0.15) is 49.4 Å². The van der Waals surface area contributed by atoms with Gasteiger partial charge in [-0.1, -0.05) is 25.7 Å². The van der Waals surface area contributed by atoms with Gasteiger partial charge in [0.1, 0.15) is 0 Å². The molecule has 2 heteroatoms. The lowest BCUT2D eigenvalue weighted by Crippen LogP contribution is -2.20. The zero-order chi connectivity index (χ0) is 11.4. The highest BCUT2D eigenvalue weighted by Gasteiger charge is 2.20. The van der Waals surface area contributed by atoms with E-state index in [1.165, 1.54) is 43.4 Å².